The predicted octanol–water partition coefficient (Wildman–Crippen LogP) is 2.22. The number of rotatable bonds is 5. The number of hydrogen-bond donors (Lipinski definition) is 1. The summed E-state index contributed by atoms with van der Waals surface area (Å²) in [5.41, 5.74) is 0.303. The van der Waals surface area contributed by atoms with Crippen molar-refractivity contribution in [2.45, 2.75) is 12.5 Å². The molecular formula is C21H16FN5O4S. The summed E-state index contributed by atoms with van der Waals surface area (Å²) in [4.78, 5) is 41.1. The maximum atomic E-state index is 13.4. The lowest BCUT2D eigenvalue weighted by Gasteiger charge is -2.28. The summed E-state index contributed by atoms with van der Waals surface area (Å²) in [6, 6.07) is 3.30. The van der Waals surface area contributed by atoms with E-state index in [0.29, 0.717) is 10.8 Å². The molecule has 1 saturated heterocycles. The number of hydrogen-bond acceptors (Lipinski definition) is 8. The van der Waals surface area contributed by atoms with Crippen molar-refractivity contribution in [2.75, 3.05) is 23.5 Å². The van der Waals surface area contributed by atoms with Gasteiger partial charge in [-0.05, 0) is 12.3 Å². The van der Waals surface area contributed by atoms with Gasteiger partial charge in [0.25, 0.3) is 11.8 Å². The number of benzene rings is 1. The maximum Gasteiger partial charge on any atom is 0.278 e. The average molecular weight is 453 g/mol. The first-order valence-electron chi connectivity index (χ1n) is 9.34. The molecule has 3 aromatic rings. The molecule has 1 aromatic carbocycles. The van der Waals surface area contributed by atoms with E-state index in [9.17, 15) is 19.1 Å². The van der Waals surface area contributed by atoms with Gasteiger partial charge in [0, 0.05) is 30.1 Å². The van der Waals surface area contributed by atoms with Gasteiger partial charge in [0.15, 0.2) is 10.8 Å². The molecule has 0 bridgehead atoms. The van der Waals surface area contributed by atoms with Crippen LogP contribution in [0.4, 0.5) is 16.0 Å². The SMILES string of the molecule is C#Cc1nc(C(=O)N(c2cc(O)cc(OC)c2)C2CCN(c3ncc(F)cn3)C2=O)cs1. The summed E-state index contributed by atoms with van der Waals surface area (Å²) in [5.74, 6) is 0.888. The Labute approximate surface area is 186 Å². The van der Waals surface area contributed by atoms with Crippen LogP contribution in [-0.2, 0) is 4.79 Å². The molecule has 1 N–H and O–H groups in total. The van der Waals surface area contributed by atoms with Crippen molar-refractivity contribution in [1.82, 2.24) is 15.0 Å². The number of halogens is 1. The first-order valence-corrected chi connectivity index (χ1v) is 10.2. The van der Waals surface area contributed by atoms with Crippen LogP contribution in [0.3, 0.4) is 0 Å². The fourth-order valence-corrected chi connectivity index (χ4v) is 3.97. The third kappa shape index (κ3) is 3.95. The Bertz CT molecular complexity index is 1220. The third-order valence-electron chi connectivity index (χ3n) is 4.79. The van der Waals surface area contributed by atoms with E-state index in [1.807, 2.05) is 0 Å². The number of carbonyl (C=O) groups is 2. The second kappa shape index (κ2) is 8.60. The molecule has 3 heterocycles. The molecule has 32 heavy (non-hydrogen) atoms. The number of aromatic nitrogens is 3. The van der Waals surface area contributed by atoms with E-state index in [4.69, 9.17) is 11.2 Å². The van der Waals surface area contributed by atoms with Crippen molar-refractivity contribution in [3.8, 4) is 23.8 Å². The Kier molecular flexibility index (Phi) is 5.70. The largest absolute Gasteiger partial charge is 0.508 e. The van der Waals surface area contributed by atoms with Gasteiger partial charge in [-0.2, -0.15) is 0 Å². The number of phenols is 1. The molecule has 0 spiro atoms. The van der Waals surface area contributed by atoms with Gasteiger partial charge in [0.2, 0.25) is 5.95 Å². The Morgan fingerprint density at radius 2 is 2.12 bits per heavy atom. The highest BCUT2D eigenvalue weighted by Gasteiger charge is 2.41. The van der Waals surface area contributed by atoms with Crippen molar-refractivity contribution in [2.24, 2.45) is 0 Å². The van der Waals surface area contributed by atoms with Crippen LogP contribution < -0.4 is 14.5 Å². The van der Waals surface area contributed by atoms with Gasteiger partial charge < -0.3 is 9.84 Å². The van der Waals surface area contributed by atoms with Crippen LogP contribution in [0.5, 0.6) is 11.5 Å². The molecule has 0 radical (unpaired) electrons. The highest BCUT2D eigenvalue weighted by molar-refractivity contribution is 7.10. The summed E-state index contributed by atoms with van der Waals surface area (Å²) < 4.78 is 18.4. The molecule has 11 heteroatoms. The normalized spacial score (nSPS) is 15.5. The predicted molar refractivity (Wildman–Crippen MR) is 114 cm³/mol. The number of methoxy groups -OCH3 is 1. The standard InChI is InChI=1S/C21H16FN5O4S/c1-3-18-25-16(11-32-18)19(29)27(13-6-14(28)8-15(7-13)31-2)17-4-5-26(20(17)30)21-23-9-12(22)10-24-21/h1,6-11,17,28H,4-5H2,2H3. The molecule has 1 aliphatic heterocycles. The van der Waals surface area contributed by atoms with Gasteiger partial charge >= 0.3 is 0 Å². The Morgan fingerprint density at radius 1 is 1.38 bits per heavy atom. The number of terminal acetylenes is 1. The molecule has 1 unspecified atom stereocenters. The van der Waals surface area contributed by atoms with Gasteiger partial charge in [0.05, 0.1) is 25.2 Å². The highest BCUT2D eigenvalue weighted by atomic mass is 32.1. The minimum absolute atomic E-state index is 0.0306. The maximum absolute atomic E-state index is 13.4. The molecule has 4 rings (SSSR count). The van der Waals surface area contributed by atoms with E-state index in [0.717, 1.165) is 23.7 Å². The molecule has 2 amide bonds. The minimum atomic E-state index is -0.946. The lowest BCUT2D eigenvalue weighted by molar-refractivity contribution is -0.118. The Hall–Kier alpha value is -4.04. The first kappa shape index (κ1) is 21.2. The topological polar surface area (TPSA) is 109 Å². The highest BCUT2D eigenvalue weighted by Crippen LogP contribution is 2.33. The van der Waals surface area contributed by atoms with Crippen LogP contribution in [0.25, 0.3) is 0 Å². The van der Waals surface area contributed by atoms with Crippen molar-refractivity contribution < 1.29 is 23.8 Å². The lowest BCUT2D eigenvalue weighted by atomic mass is 10.1. The zero-order valence-electron chi connectivity index (χ0n) is 16.7. The number of amides is 2. The number of thiazole rings is 1. The second-order valence-electron chi connectivity index (χ2n) is 6.74. The van der Waals surface area contributed by atoms with Crippen LogP contribution in [0.2, 0.25) is 0 Å². The number of anilines is 2. The fourth-order valence-electron chi connectivity index (χ4n) is 3.37. The third-order valence-corrected chi connectivity index (χ3v) is 5.57. The molecule has 0 saturated carbocycles. The first-order chi connectivity index (χ1) is 15.4. The van der Waals surface area contributed by atoms with Crippen molar-refractivity contribution in [3.63, 3.8) is 0 Å². The zero-order valence-corrected chi connectivity index (χ0v) is 17.5. The van der Waals surface area contributed by atoms with Gasteiger partial charge in [0.1, 0.15) is 23.2 Å². The number of phenolic OH excluding ortho intramolecular Hbond substituents is 1. The smallest absolute Gasteiger partial charge is 0.278 e. The summed E-state index contributed by atoms with van der Waals surface area (Å²) in [5, 5.41) is 11.9. The van der Waals surface area contributed by atoms with E-state index in [-0.39, 0.29) is 36.0 Å². The Morgan fingerprint density at radius 3 is 2.78 bits per heavy atom. The van der Waals surface area contributed by atoms with Crippen LogP contribution >= 0.6 is 11.3 Å². The molecule has 0 aliphatic carbocycles. The summed E-state index contributed by atoms with van der Waals surface area (Å²) in [6.45, 7) is 0.210. The zero-order chi connectivity index (χ0) is 22.8. The van der Waals surface area contributed by atoms with Crippen molar-refractivity contribution in [3.05, 3.63) is 52.5 Å². The molecule has 1 atom stereocenters. The van der Waals surface area contributed by atoms with Crippen molar-refractivity contribution in [1.29, 1.82) is 0 Å². The summed E-state index contributed by atoms with van der Waals surface area (Å²) >= 11 is 1.12. The average Bonchev–Trinajstić information content (AvgIpc) is 3.41. The number of ether oxygens (including phenoxy) is 1. The van der Waals surface area contributed by atoms with Crippen LogP contribution in [0.1, 0.15) is 21.9 Å². The van der Waals surface area contributed by atoms with E-state index in [2.05, 4.69) is 20.9 Å². The van der Waals surface area contributed by atoms with Crippen molar-refractivity contribution >= 4 is 34.8 Å². The van der Waals surface area contributed by atoms with E-state index < -0.39 is 23.7 Å². The second-order valence-corrected chi connectivity index (χ2v) is 7.60. The fraction of sp³-hybridized carbons (Fsp3) is 0.190. The van der Waals surface area contributed by atoms with E-state index in [1.165, 1.54) is 40.5 Å². The summed E-state index contributed by atoms with van der Waals surface area (Å²) in [6.07, 6.45) is 7.53. The lowest BCUT2D eigenvalue weighted by Crippen LogP contribution is -2.46. The van der Waals surface area contributed by atoms with Crippen LogP contribution in [0, 0.1) is 18.2 Å². The summed E-state index contributed by atoms with van der Waals surface area (Å²) in [7, 11) is 1.42. The van der Waals surface area contributed by atoms with Gasteiger partial charge in [-0.3, -0.25) is 19.4 Å². The molecule has 1 fully saturated rings. The number of aromatic hydroxyl groups is 1. The number of carbonyl (C=O) groups excluding carboxylic acids is 2. The molecular weight excluding hydrogens is 437 g/mol. The molecule has 2 aromatic heterocycles. The van der Waals surface area contributed by atoms with Crippen LogP contribution in [0.15, 0.2) is 36.0 Å². The van der Waals surface area contributed by atoms with Gasteiger partial charge in [-0.15, -0.1) is 17.8 Å². The monoisotopic (exact) mass is 453 g/mol. The number of nitrogens with zero attached hydrogens (tertiary/aromatic N) is 5. The Balaban J connectivity index is 1.75. The van der Waals surface area contributed by atoms with Gasteiger partial charge in [-0.1, -0.05) is 0 Å². The molecule has 162 valence electrons. The van der Waals surface area contributed by atoms with Gasteiger partial charge in [-0.25, -0.2) is 19.3 Å². The van der Waals surface area contributed by atoms with E-state index in [1.54, 1.807) is 0 Å². The quantitative estimate of drug-likeness (QED) is 0.590. The van der Waals surface area contributed by atoms with Crippen LogP contribution in [-0.4, -0.2) is 51.6 Å². The molecule has 1 aliphatic rings. The van der Waals surface area contributed by atoms with E-state index >= 15 is 0 Å². The molecule has 9 nitrogen and oxygen atoms in total. The minimum Gasteiger partial charge on any atom is -0.508 e.